The smallest absolute Gasteiger partial charge is 0.241 e. The van der Waals surface area contributed by atoms with Crippen molar-refractivity contribution in [2.75, 3.05) is 13.2 Å². The maximum Gasteiger partial charge on any atom is 0.241 e. The SMILES string of the molecule is FC(F)C1CCC(NC2CCCOC2)CC1. The van der Waals surface area contributed by atoms with Gasteiger partial charge < -0.3 is 10.1 Å². The highest BCUT2D eigenvalue weighted by Crippen LogP contribution is 2.29. The first-order valence-electron chi connectivity index (χ1n) is 6.37. The third-order valence-electron chi connectivity index (χ3n) is 3.76. The van der Waals surface area contributed by atoms with E-state index in [0.717, 1.165) is 38.9 Å². The lowest BCUT2D eigenvalue weighted by Gasteiger charge is -2.33. The van der Waals surface area contributed by atoms with Crippen LogP contribution in [0.3, 0.4) is 0 Å². The van der Waals surface area contributed by atoms with Gasteiger partial charge >= 0.3 is 0 Å². The Kier molecular flexibility index (Phi) is 4.53. The summed E-state index contributed by atoms with van der Waals surface area (Å²) in [6.07, 6.45) is 3.28. The number of nitrogens with one attached hydrogen (secondary N) is 1. The van der Waals surface area contributed by atoms with E-state index in [0.29, 0.717) is 24.9 Å². The Labute approximate surface area is 95.7 Å². The molecule has 4 heteroatoms. The molecular weight excluding hydrogens is 212 g/mol. The van der Waals surface area contributed by atoms with E-state index in [1.807, 2.05) is 0 Å². The van der Waals surface area contributed by atoms with Gasteiger partial charge in [-0.25, -0.2) is 8.78 Å². The number of hydrogen-bond donors (Lipinski definition) is 1. The summed E-state index contributed by atoms with van der Waals surface area (Å²) in [5, 5.41) is 3.55. The van der Waals surface area contributed by atoms with E-state index in [1.165, 1.54) is 0 Å². The van der Waals surface area contributed by atoms with Gasteiger partial charge in [-0.05, 0) is 38.5 Å². The minimum absolute atomic E-state index is 0.361. The predicted molar refractivity (Wildman–Crippen MR) is 58.7 cm³/mol. The van der Waals surface area contributed by atoms with Gasteiger partial charge in [0.2, 0.25) is 6.43 Å². The predicted octanol–water partition coefficient (Wildman–Crippen LogP) is 2.58. The number of halogens is 2. The van der Waals surface area contributed by atoms with Gasteiger partial charge in [-0.15, -0.1) is 0 Å². The van der Waals surface area contributed by atoms with Crippen LogP contribution in [-0.2, 0) is 4.74 Å². The summed E-state index contributed by atoms with van der Waals surface area (Å²) in [6, 6.07) is 0.878. The van der Waals surface area contributed by atoms with Gasteiger partial charge in [-0.3, -0.25) is 0 Å². The van der Waals surface area contributed by atoms with Crippen LogP contribution in [0.4, 0.5) is 8.78 Å². The van der Waals surface area contributed by atoms with Crippen LogP contribution in [0.25, 0.3) is 0 Å². The Hall–Kier alpha value is -0.220. The van der Waals surface area contributed by atoms with Crippen molar-refractivity contribution in [1.29, 1.82) is 0 Å². The molecule has 2 aliphatic rings. The first-order chi connectivity index (χ1) is 7.75. The molecular formula is C12H21F2NO. The van der Waals surface area contributed by atoms with Gasteiger partial charge in [-0.1, -0.05) is 0 Å². The second kappa shape index (κ2) is 5.92. The molecule has 1 saturated heterocycles. The van der Waals surface area contributed by atoms with E-state index < -0.39 is 6.43 Å². The number of alkyl halides is 2. The summed E-state index contributed by atoms with van der Waals surface area (Å²) in [7, 11) is 0. The first-order valence-corrected chi connectivity index (χ1v) is 6.37. The van der Waals surface area contributed by atoms with Crippen LogP contribution < -0.4 is 5.32 Å². The molecule has 2 fully saturated rings. The highest BCUT2D eigenvalue weighted by molar-refractivity contribution is 4.82. The fraction of sp³-hybridized carbons (Fsp3) is 1.00. The first kappa shape index (κ1) is 12.2. The molecule has 0 aromatic rings. The normalized spacial score (nSPS) is 36.6. The molecule has 2 rings (SSSR count). The van der Waals surface area contributed by atoms with Crippen LogP contribution in [0.5, 0.6) is 0 Å². The van der Waals surface area contributed by atoms with Gasteiger partial charge in [0.15, 0.2) is 0 Å². The van der Waals surface area contributed by atoms with Crippen LogP contribution in [-0.4, -0.2) is 31.7 Å². The molecule has 94 valence electrons. The summed E-state index contributed by atoms with van der Waals surface area (Å²) in [6.45, 7) is 1.66. The summed E-state index contributed by atoms with van der Waals surface area (Å²) in [5.41, 5.74) is 0. The average Bonchev–Trinajstić information content (AvgIpc) is 2.31. The maximum atomic E-state index is 12.5. The van der Waals surface area contributed by atoms with E-state index in [2.05, 4.69) is 5.32 Å². The van der Waals surface area contributed by atoms with E-state index in [1.54, 1.807) is 0 Å². The molecule has 2 nitrogen and oxygen atoms in total. The molecule has 1 saturated carbocycles. The van der Waals surface area contributed by atoms with Crippen LogP contribution in [0.2, 0.25) is 0 Å². The van der Waals surface area contributed by atoms with Gasteiger partial charge in [0.25, 0.3) is 0 Å². The molecule has 0 aromatic carbocycles. The van der Waals surface area contributed by atoms with Crippen LogP contribution in [0, 0.1) is 5.92 Å². The zero-order chi connectivity index (χ0) is 11.4. The van der Waals surface area contributed by atoms with E-state index >= 15 is 0 Å². The van der Waals surface area contributed by atoms with Crippen LogP contribution in [0.15, 0.2) is 0 Å². The Morgan fingerprint density at radius 3 is 2.31 bits per heavy atom. The molecule has 0 aromatic heterocycles. The second-order valence-corrected chi connectivity index (χ2v) is 5.03. The van der Waals surface area contributed by atoms with Crippen molar-refractivity contribution in [3.05, 3.63) is 0 Å². The average molecular weight is 233 g/mol. The molecule has 1 aliphatic carbocycles. The molecule has 1 atom stereocenters. The fourth-order valence-electron chi connectivity index (χ4n) is 2.74. The van der Waals surface area contributed by atoms with Crippen LogP contribution in [0.1, 0.15) is 38.5 Å². The van der Waals surface area contributed by atoms with Crippen molar-refractivity contribution in [1.82, 2.24) is 5.32 Å². The largest absolute Gasteiger partial charge is 0.380 e. The Bertz CT molecular complexity index is 199. The summed E-state index contributed by atoms with van der Waals surface area (Å²) in [4.78, 5) is 0. The Morgan fingerprint density at radius 2 is 1.75 bits per heavy atom. The molecule has 0 spiro atoms. The van der Waals surface area contributed by atoms with E-state index in [4.69, 9.17) is 4.74 Å². The van der Waals surface area contributed by atoms with Crippen LogP contribution >= 0.6 is 0 Å². The van der Waals surface area contributed by atoms with Crippen molar-refractivity contribution in [3.8, 4) is 0 Å². The van der Waals surface area contributed by atoms with E-state index in [9.17, 15) is 8.78 Å². The lowest BCUT2D eigenvalue weighted by atomic mass is 9.86. The monoisotopic (exact) mass is 233 g/mol. The highest BCUT2D eigenvalue weighted by Gasteiger charge is 2.28. The van der Waals surface area contributed by atoms with Gasteiger partial charge in [0.1, 0.15) is 0 Å². The summed E-state index contributed by atoms with van der Waals surface area (Å²) >= 11 is 0. The molecule has 0 radical (unpaired) electrons. The zero-order valence-electron chi connectivity index (χ0n) is 9.63. The number of rotatable bonds is 3. The van der Waals surface area contributed by atoms with Crippen molar-refractivity contribution in [3.63, 3.8) is 0 Å². The Morgan fingerprint density at radius 1 is 1.00 bits per heavy atom. The van der Waals surface area contributed by atoms with E-state index in [-0.39, 0.29) is 5.92 Å². The standard InChI is InChI=1S/C12H21F2NO/c13-12(14)9-3-5-10(6-4-9)15-11-2-1-7-16-8-11/h9-12,15H,1-8H2. The molecule has 0 amide bonds. The molecule has 1 N–H and O–H groups in total. The van der Waals surface area contributed by atoms with Gasteiger partial charge in [-0.2, -0.15) is 0 Å². The van der Waals surface area contributed by atoms with Crippen molar-refractivity contribution in [2.24, 2.45) is 5.92 Å². The lowest BCUT2D eigenvalue weighted by Crippen LogP contribution is -2.45. The molecule has 0 bridgehead atoms. The lowest BCUT2D eigenvalue weighted by molar-refractivity contribution is 0.0398. The molecule has 1 unspecified atom stereocenters. The summed E-state index contributed by atoms with van der Waals surface area (Å²) < 4.78 is 30.3. The Balaban J connectivity index is 1.68. The highest BCUT2D eigenvalue weighted by atomic mass is 19.3. The van der Waals surface area contributed by atoms with Gasteiger partial charge in [0, 0.05) is 24.6 Å². The quantitative estimate of drug-likeness (QED) is 0.809. The number of hydrogen-bond acceptors (Lipinski definition) is 2. The third kappa shape index (κ3) is 3.39. The van der Waals surface area contributed by atoms with Gasteiger partial charge in [0.05, 0.1) is 6.61 Å². The minimum Gasteiger partial charge on any atom is -0.380 e. The van der Waals surface area contributed by atoms with Crippen molar-refractivity contribution in [2.45, 2.75) is 57.0 Å². The van der Waals surface area contributed by atoms with Crippen molar-refractivity contribution >= 4 is 0 Å². The van der Waals surface area contributed by atoms with Crippen molar-refractivity contribution < 1.29 is 13.5 Å². The summed E-state index contributed by atoms with van der Waals surface area (Å²) in [5.74, 6) is -0.361. The maximum absolute atomic E-state index is 12.5. The second-order valence-electron chi connectivity index (χ2n) is 5.03. The topological polar surface area (TPSA) is 21.3 Å². The molecule has 1 aliphatic heterocycles. The molecule has 1 heterocycles. The fourth-order valence-corrected chi connectivity index (χ4v) is 2.74. The number of ether oxygens (including phenoxy) is 1. The zero-order valence-corrected chi connectivity index (χ0v) is 9.63. The third-order valence-corrected chi connectivity index (χ3v) is 3.76. The molecule has 16 heavy (non-hydrogen) atoms. The minimum atomic E-state index is -2.13.